The Morgan fingerprint density at radius 2 is 1.81 bits per heavy atom. The summed E-state index contributed by atoms with van der Waals surface area (Å²) in [5.74, 6) is 0.666. The van der Waals surface area contributed by atoms with Gasteiger partial charge in [-0.25, -0.2) is 0 Å². The van der Waals surface area contributed by atoms with Crippen molar-refractivity contribution in [2.24, 2.45) is 0 Å². The maximum Gasteiger partial charge on any atom is 0.337 e. The normalized spacial score (nSPS) is 15.0. The van der Waals surface area contributed by atoms with Gasteiger partial charge in [0, 0.05) is 11.3 Å². The molecule has 1 aliphatic rings. The van der Waals surface area contributed by atoms with Crippen molar-refractivity contribution in [1.82, 2.24) is 15.2 Å². The van der Waals surface area contributed by atoms with E-state index >= 15 is 0 Å². The highest BCUT2D eigenvalue weighted by molar-refractivity contribution is 5.84. The molecule has 6 nitrogen and oxygen atoms in total. The Kier molecular flexibility index (Phi) is 4.87. The van der Waals surface area contributed by atoms with Crippen LogP contribution in [0.5, 0.6) is 6.01 Å². The van der Waals surface area contributed by atoms with Crippen LogP contribution >= 0.6 is 0 Å². The van der Waals surface area contributed by atoms with E-state index in [4.69, 9.17) is 4.74 Å². The first-order valence-electron chi connectivity index (χ1n) is 9.31. The molecule has 0 saturated carbocycles. The predicted octanol–water partition coefficient (Wildman–Crippen LogP) is 4.56. The van der Waals surface area contributed by atoms with Crippen LogP contribution in [0, 0.1) is 6.92 Å². The highest BCUT2D eigenvalue weighted by atomic mass is 16.5. The summed E-state index contributed by atoms with van der Waals surface area (Å²) in [7, 11) is 0. The van der Waals surface area contributed by atoms with Gasteiger partial charge in [0.2, 0.25) is 0 Å². The van der Waals surface area contributed by atoms with Crippen molar-refractivity contribution in [3.05, 3.63) is 59.7 Å². The quantitative estimate of drug-likeness (QED) is 0.649. The number of anilines is 2. The highest BCUT2D eigenvalue weighted by Crippen LogP contribution is 2.37. The maximum absolute atomic E-state index is 5.65. The van der Waals surface area contributed by atoms with Crippen LogP contribution in [0.1, 0.15) is 37.1 Å². The molecule has 0 aliphatic carbocycles. The number of nitrogens with zero attached hydrogens (tertiary/aromatic N) is 3. The number of benzene rings is 2. The molecule has 6 heteroatoms. The summed E-state index contributed by atoms with van der Waals surface area (Å²) < 4.78 is 5.65. The molecule has 3 aromatic rings. The van der Waals surface area contributed by atoms with E-state index in [9.17, 15) is 0 Å². The van der Waals surface area contributed by atoms with Crippen LogP contribution in [0.3, 0.4) is 0 Å². The molecule has 0 saturated heterocycles. The van der Waals surface area contributed by atoms with E-state index < -0.39 is 0 Å². The van der Waals surface area contributed by atoms with E-state index in [2.05, 4.69) is 63.9 Å². The first kappa shape index (κ1) is 17.3. The summed E-state index contributed by atoms with van der Waals surface area (Å²) in [5.41, 5.74) is 5.02. The Hall–Kier alpha value is -3.15. The summed E-state index contributed by atoms with van der Waals surface area (Å²) in [6.45, 7) is 4.79. The first-order valence-corrected chi connectivity index (χ1v) is 9.31. The molecule has 1 aliphatic heterocycles. The Bertz CT molecular complexity index is 926. The third kappa shape index (κ3) is 3.69. The third-order valence-electron chi connectivity index (χ3n) is 4.57. The lowest BCUT2D eigenvalue weighted by Crippen LogP contribution is -2.19. The predicted molar refractivity (Wildman–Crippen MR) is 107 cm³/mol. The smallest absolute Gasteiger partial charge is 0.337 e. The SMILES string of the molecule is CCCCOc1nnc2c(n1)NC(c1ccc(C)cc1)Nc1ccccc1-2. The van der Waals surface area contributed by atoms with Gasteiger partial charge in [-0.3, -0.25) is 0 Å². The summed E-state index contributed by atoms with van der Waals surface area (Å²) in [4.78, 5) is 4.59. The number of hydrogen-bond acceptors (Lipinski definition) is 6. The minimum atomic E-state index is -0.131. The topological polar surface area (TPSA) is 72.0 Å². The van der Waals surface area contributed by atoms with E-state index in [-0.39, 0.29) is 6.17 Å². The second kappa shape index (κ2) is 7.61. The van der Waals surface area contributed by atoms with Crippen LogP contribution in [0.15, 0.2) is 48.5 Å². The first-order chi connectivity index (χ1) is 13.2. The van der Waals surface area contributed by atoms with Crippen LogP contribution < -0.4 is 15.4 Å². The van der Waals surface area contributed by atoms with Crippen molar-refractivity contribution in [2.75, 3.05) is 17.2 Å². The van der Waals surface area contributed by atoms with Crippen molar-refractivity contribution in [1.29, 1.82) is 0 Å². The van der Waals surface area contributed by atoms with Crippen molar-refractivity contribution < 1.29 is 4.74 Å². The Morgan fingerprint density at radius 3 is 2.63 bits per heavy atom. The molecule has 4 rings (SSSR count). The fourth-order valence-corrected chi connectivity index (χ4v) is 3.03. The molecule has 1 atom stereocenters. The average molecular weight is 361 g/mol. The van der Waals surface area contributed by atoms with E-state index in [1.54, 1.807) is 0 Å². The summed E-state index contributed by atoms with van der Waals surface area (Å²) in [6.07, 6.45) is 1.89. The van der Waals surface area contributed by atoms with Crippen molar-refractivity contribution in [3.63, 3.8) is 0 Å². The van der Waals surface area contributed by atoms with Crippen molar-refractivity contribution in [2.45, 2.75) is 32.9 Å². The zero-order valence-corrected chi connectivity index (χ0v) is 15.6. The minimum absolute atomic E-state index is 0.131. The van der Waals surface area contributed by atoms with E-state index in [1.807, 2.05) is 24.3 Å². The monoisotopic (exact) mass is 361 g/mol. The van der Waals surface area contributed by atoms with Crippen LogP contribution in [0.4, 0.5) is 11.5 Å². The number of ether oxygens (including phenoxy) is 1. The molecular weight excluding hydrogens is 338 g/mol. The summed E-state index contributed by atoms with van der Waals surface area (Å²) in [5, 5.41) is 15.6. The van der Waals surface area contributed by atoms with Gasteiger partial charge < -0.3 is 15.4 Å². The zero-order valence-electron chi connectivity index (χ0n) is 15.6. The number of rotatable bonds is 5. The van der Waals surface area contributed by atoms with E-state index in [0.29, 0.717) is 18.4 Å². The van der Waals surface area contributed by atoms with Gasteiger partial charge in [0.1, 0.15) is 11.9 Å². The van der Waals surface area contributed by atoms with Gasteiger partial charge in [0.05, 0.1) is 6.61 Å². The highest BCUT2D eigenvalue weighted by Gasteiger charge is 2.24. The number of nitrogens with one attached hydrogen (secondary N) is 2. The van der Waals surface area contributed by atoms with E-state index in [1.165, 1.54) is 5.56 Å². The summed E-state index contributed by atoms with van der Waals surface area (Å²) in [6, 6.07) is 16.8. The van der Waals surface area contributed by atoms with Crippen LogP contribution in [0.2, 0.25) is 0 Å². The second-order valence-corrected chi connectivity index (χ2v) is 6.67. The molecule has 2 N–H and O–H groups in total. The van der Waals surface area contributed by atoms with Gasteiger partial charge in [0.25, 0.3) is 0 Å². The van der Waals surface area contributed by atoms with Gasteiger partial charge in [-0.15, -0.1) is 5.10 Å². The standard InChI is InChI=1S/C21H23N5O/c1-3-4-13-27-21-24-20-18(25-26-21)16-7-5-6-8-17(16)22-19(23-20)15-11-9-14(2)10-12-15/h5-12,19,22H,3-4,13H2,1-2H3,(H,23,24,26). The Morgan fingerprint density at radius 1 is 1.00 bits per heavy atom. The number of unbranched alkanes of at least 4 members (excludes halogenated alkanes) is 1. The Labute approximate surface area is 159 Å². The van der Waals surface area contributed by atoms with Crippen molar-refractivity contribution >= 4 is 11.5 Å². The zero-order chi connectivity index (χ0) is 18.6. The summed E-state index contributed by atoms with van der Waals surface area (Å²) >= 11 is 0. The molecule has 0 radical (unpaired) electrons. The average Bonchev–Trinajstić information content (AvgIpc) is 2.85. The number of aromatic nitrogens is 3. The van der Waals surface area contributed by atoms with Gasteiger partial charge in [-0.2, -0.15) is 4.98 Å². The lowest BCUT2D eigenvalue weighted by atomic mass is 10.1. The lowest BCUT2D eigenvalue weighted by Gasteiger charge is -2.20. The molecule has 2 heterocycles. The molecule has 0 fully saturated rings. The molecule has 0 amide bonds. The number of para-hydroxylation sites is 1. The van der Waals surface area contributed by atoms with Crippen molar-refractivity contribution in [3.8, 4) is 17.3 Å². The number of aryl methyl sites for hydroxylation is 1. The molecule has 27 heavy (non-hydrogen) atoms. The lowest BCUT2D eigenvalue weighted by molar-refractivity contribution is 0.282. The largest absolute Gasteiger partial charge is 0.462 e. The van der Waals surface area contributed by atoms with Gasteiger partial charge in [-0.1, -0.05) is 66.5 Å². The molecule has 1 aromatic heterocycles. The van der Waals surface area contributed by atoms with E-state index in [0.717, 1.165) is 35.3 Å². The fraction of sp³-hybridized carbons (Fsp3) is 0.286. The van der Waals surface area contributed by atoms with Crippen LogP contribution in [-0.4, -0.2) is 21.8 Å². The molecule has 0 spiro atoms. The third-order valence-corrected chi connectivity index (χ3v) is 4.57. The number of hydrogen-bond donors (Lipinski definition) is 2. The maximum atomic E-state index is 5.65. The van der Waals surface area contributed by atoms with Gasteiger partial charge in [-0.05, 0) is 25.0 Å². The van der Waals surface area contributed by atoms with Crippen LogP contribution in [0.25, 0.3) is 11.3 Å². The van der Waals surface area contributed by atoms with Gasteiger partial charge >= 0.3 is 6.01 Å². The molecule has 1 unspecified atom stereocenters. The molecule has 0 bridgehead atoms. The van der Waals surface area contributed by atoms with Gasteiger partial charge in [0.15, 0.2) is 5.82 Å². The fourth-order valence-electron chi connectivity index (χ4n) is 3.03. The van der Waals surface area contributed by atoms with Crippen LogP contribution in [-0.2, 0) is 0 Å². The second-order valence-electron chi connectivity index (χ2n) is 6.67. The molecular formula is C21H23N5O. The number of fused-ring (bicyclic) bond motifs is 3. The minimum Gasteiger partial charge on any atom is -0.462 e. The Balaban J connectivity index is 1.73. The molecule has 2 aromatic carbocycles. The molecule has 138 valence electrons.